The number of carbonyl (C=O) groups excluding carboxylic acids is 1. The average molecular weight is 340 g/mol. The maximum absolute atomic E-state index is 12.2. The van der Waals surface area contributed by atoms with Crippen LogP contribution in [0.15, 0.2) is 45.5 Å². The van der Waals surface area contributed by atoms with E-state index in [1.54, 1.807) is 0 Å². The lowest BCUT2D eigenvalue weighted by atomic mass is 10.2. The van der Waals surface area contributed by atoms with Crippen molar-refractivity contribution in [3.8, 4) is 11.5 Å². The average Bonchev–Trinajstić information content (AvgIpc) is 3.41. The van der Waals surface area contributed by atoms with E-state index in [1.807, 2.05) is 30.3 Å². The number of oxazole rings is 1. The second-order valence-electron chi connectivity index (χ2n) is 5.64. The van der Waals surface area contributed by atoms with E-state index in [1.165, 1.54) is 6.26 Å². The minimum absolute atomic E-state index is 0.138. The quantitative estimate of drug-likeness (QED) is 0.761. The topological polar surface area (TPSA) is 103 Å². The summed E-state index contributed by atoms with van der Waals surface area (Å²) in [5, 5.41) is 6.55. The number of carbonyl (C=O) groups is 1. The summed E-state index contributed by atoms with van der Waals surface area (Å²) in [6.07, 6.45) is 3.04. The molecule has 128 valence electrons. The van der Waals surface area contributed by atoms with Crippen LogP contribution >= 0.6 is 0 Å². The largest absolute Gasteiger partial charge is 0.444 e. The van der Waals surface area contributed by atoms with Crippen LogP contribution in [0, 0.1) is 0 Å². The van der Waals surface area contributed by atoms with E-state index in [4.69, 9.17) is 13.7 Å². The van der Waals surface area contributed by atoms with Crippen LogP contribution in [0.5, 0.6) is 0 Å². The molecule has 1 aliphatic rings. The molecule has 0 spiro atoms. The van der Waals surface area contributed by atoms with Gasteiger partial charge >= 0.3 is 0 Å². The first kappa shape index (κ1) is 15.5. The van der Waals surface area contributed by atoms with Crippen molar-refractivity contribution in [2.75, 3.05) is 6.61 Å². The van der Waals surface area contributed by atoms with E-state index in [-0.39, 0.29) is 24.2 Å². The highest BCUT2D eigenvalue weighted by Crippen LogP contribution is 2.26. The number of hydrogen-bond donors (Lipinski definition) is 1. The molecule has 0 saturated carbocycles. The van der Waals surface area contributed by atoms with Crippen molar-refractivity contribution < 1.29 is 18.5 Å². The summed E-state index contributed by atoms with van der Waals surface area (Å²) in [5.74, 6) is 0.876. The molecule has 0 radical (unpaired) electrons. The predicted octanol–water partition coefficient (Wildman–Crippen LogP) is 2.51. The van der Waals surface area contributed by atoms with E-state index in [9.17, 15) is 4.79 Å². The number of hydrogen-bond acceptors (Lipinski definition) is 7. The van der Waals surface area contributed by atoms with Gasteiger partial charge in [-0.1, -0.05) is 23.4 Å². The van der Waals surface area contributed by atoms with Crippen LogP contribution in [0.4, 0.5) is 0 Å². The lowest BCUT2D eigenvalue weighted by Gasteiger charge is -2.00. The maximum atomic E-state index is 12.2. The molecule has 3 heterocycles. The molecule has 1 saturated heterocycles. The van der Waals surface area contributed by atoms with Crippen molar-refractivity contribution in [1.82, 2.24) is 20.4 Å². The fourth-order valence-corrected chi connectivity index (χ4v) is 2.58. The molecule has 4 rings (SSSR count). The number of aromatic nitrogens is 3. The van der Waals surface area contributed by atoms with Crippen molar-refractivity contribution in [1.29, 1.82) is 0 Å². The van der Waals surface area contributed by atoms with Crippen molar-refractivity contribution >= 4 is 5.91 Å². The van der Waals surface area contributed by atoms with E-state index in [0.29, 0.717) is 24.2 Å². The Hall–Kier alpha value is -3.00. The fraction of sp³-hybridized carbons (Fsp3) is 0.294. The van der Waals surface area contributed by atoms with Gasteiger partial charge in [-0.25, -0.2) is 4.98 Å². The lowest BCUT2D eigenvalue weighted by Crippen LogP contribution is -2.23. The normalized spacial score (nSPS) is 16.9. The SMILES string of the molecule is O=C(NCc1noc([C@@H]2CCCO2)n1)c1coc(-c2ccccc2)n1. The highest BCUT2D eigenvalue weighted by Gasteiger charge is 2.24. The van der Waals surface area contributed by atoms with Gasteiger partial charge in [0.15, 0.2) is 11.5 Å². The summed E-state index contributed by atoms with van der Waals surface area (Å²) < 4.78 is 16.0. The third kappa shape index (κ3) is 3.43. The second kappa shape index (κ2) is 6.86. The van der Waals surface area contributed by atoms with Gasteiger partial charge in [0.05, 0.1) is 6.54 Å². The van der Waals surface area contributed by atoms with E-state index in [0.717, 1.165) is 18.4 Å². The number of ether oxygens (including phenoxy) is 1. The molecule has 8 heteroatoms. The number of benzene rings is 1. The molecule has 1 aromatic carbocycles. The molecule has 1 amide bonds. The first-order valence-electron chi connectivity index (χ1n) is 8.03. The Morgan fingerprint density at radius 2 is 2.12 bits per heavy atom. The van der Waals surface area contributed by atoms with E-state index >= 15 is 0 Å². The van der Waals surface area contributed by atoms with Crippen LogP contribution in [0.25, 0.3) is 11.5 Å². The molecule has 8 nitrogen and oxygen atoms in total. The Bertz CT molecular complexity index is 852. The molecule has 0 aliphatic carbocycles. The smallest absolute Gasteiger partial charge is 0.273 e. The zero-order valence-corrected chi connectivity index (χ0v) is 13.3. The summed E-state index contributed by atoms with van der Waals surface area (Å²) in [6.45, 7) is 0.845. The van der Waals surface area contributed by atoms with Crippen LogP contribution in [0.3, 0.4) is 0 Å². The minimum Gasteiger partial charge on any atom is -0.444 e. The van der Waals surface area contributed by atoms with Crippen LogP contribution in [-0.2, 0) is 11.3 Å². The Labute approximate surface area is 143 Å². The predicted molar refractivity (Wildman–Crippen MR) is 85.3 cm³/mol. The Balaban J connectivity index is 1.37. The van der Waals surface area contributed by atoms with E-state index in [2.05, 4.69) is 20.4 Å². The minimum atomic E-state index is -0.366. The Kier molecular flexibility index (Phi) is 4.26. The Morgan fingerprint density at radius 3 is 2.92 bits per heavy atom. The molecule has 1 atom stereocenters. The second-order valence-corrected chi connectivity index (χ2v) is 5.64. The first-order valence-corrected chi connectivity index (χ1v) is 8.03. The monoisotopic (exact) mass is 340 g/mol. The molecule has 0 unspecified atom stereocenters. The lowest BCUT2D eigenvalue weighted by molar-refractivity contribution is 0.0835. The summed E-state index contributed by atoms with van der Waals surface area (Å²) in [4.78, 5) is 20.6. The number of nitrogens with one attached hydrogen (secondary N) is 1. The zero-order valence-electron chi connectivity index (χ0n) is 13.3. The van der Waals surface area contributed by atoms with Crippen molar-refractivity contribution in [2.24, 2.45) is 0 Å². The highest BCUT2D eigenvalue weighted by molar-refractivity contribution is 5.92. The van der Waals surface area contributed by atoms with E-state index < -0.39 is 0 Å². The maximum Gasteiger partial charge on any atom is 0.273 e. The number of amides is 1. The van der Waals surface area contributed by atoms with Gasteiger partial charge in [0.25, 0.3) is 11.8 Å². The summed E-state index contributed by atoms with van der Waals surface area (Å²) in [6, 6.07) is 9.37. The summed E-state index contributed by atoms with van der Waals surface area (Å²) in [7, 11) is 0. The molecular weight excluding hydrogens is 324 g/mol. The molecule has 1 fully saturated rings. The molecular formula is C17H16N4O4. The van der Waals surface area contributed by atoms with Crippen molar-refractivity contribution in [3.63, 3.8) is 0 Å². The molecule has 3 aromatic rings. The third-order valence-electron chi connectivity index (χ3n) is 3.85. The van der Waals surface area contributed by atoms with Gasteiger partial charge in [-0.15, -0.1) is 0 Å². The summed E-state index contributed by atoms with van der Waals surface area (Å²) >= 11 is 0. The molecule has 1 N–H and O–H groups in total. The van der Waals surface area contributed by atoms with Gasteiger partial charge in [0.2, 0.25) is 5.89 Å². The third-order valence-corrected chi connectivity index (χ3v) is 3.85. The van der Waals surface area contributed by atoms with Crippen LogP contribution < -0.4 is 5.32 Å². The Morgan fingerprint density at radius 1 is 1.24 bits per heavy atom. The van der Waals surface area contributed by atoms with Gasteiger partial charge in [0.1, 0.15) is 12.4 Å². The zero-order chi connectivity index (χ0) is 17.1. The van der Waals surface area contributed by atoms with Crippen LogP contribution in [0.2, 0.25) is 0 Å². The van der Waals surface area contributed by atoms with Crippen molar-refractivity contribution in [2.45, 2.75) is 25.5 Å². The van der Waals surface area contributed by atoms with Gasteiger partial charge in [-0.05, 0) is 25.0 Å². The molecule has 0 bridgehead atoms. The van der Waals surface area contributed by atoms with Crippen LogP contribution in [0.1, 0.15) is 41.1 Å². The van der Waals surface area contributed by atoms with Gasteiger partial charge in [-0.2, -0.15) is 4.98 Å². The van der Waals surface area contributed by atoms with Gasteiger partial charge in [-0.3, -0.25) is 4.79 Å². The first-order chi connectivity index (χ1) is 12.3. The standard InChI is InChI=1S/C17H16N4O4/c22-15(12-10-24-16(19-12)11-5-2-1-3-6-11)18-9-14-20-17(25-21-14)13-7-4-8-23-13/h1-3,5-6,10,13H,4,7-9H2,(H,18,22)/t13-/m0/s1. The summed E-state index contributed by atoms with van der Waals surface area (Å²) in [5.41, 5.74) is 1.00. The van der Waals surface area contributed by atoms with Gasteiger partial charge in [0, 0.05) is 12.2 Å². The number of rotatable bonds is 5. The molecule has 2 aromatic heterocycles. The van der Waals surface area contributed by atoms with Gasteiger partial charge < -0.3 is 19.0 Å². The molecule has 25 heavy (non-hydrogen) atoms. The van der Waals surface area contributed by atoms with Crippen molar-refractivity contribution in [3.05, 3.63) is 54.0 Å². The highest BCUT2D eigenvalue weighted by atomic mass is 16.5. The fourth-order valence-electron chi connectivity index (χ4n) is 2.58. The number of nitrogens with zero attached hydrogens (tertiary/aromatic N) is 3. The molecule has 1 aliphatic heterocycles. The van der Waals surface area contributed by atoms with Crippen LogP contribution in [-0.4, -0.2) is 27.6 Å².